The zero-order valence-electron chi connectivity index (χ0n) is 13.9. The number of anilines is 2. The molecule has 25 heavy (non-hydrogen) atoms. The van der Waals surface area contributed by atoms with Crippen LogP contribution in [0.5, 0.6) is 0 Å². The van der Waals surface area contributed by atoms with Crippen LogP contribution in [0.2, 0.25) is 5.02 Å². The summed E-state index contributed by atoms with van der Waals surface area (Å²) in [6.07, 6.45) is 0.386. The van der Waals surface area contributed by atoms with E-state index in [2.05, 4.69) is 10.6 Å². The molecule has 0 spiro atoms. The molecule has 5 nitrogen and oxygen atoms in total. The van der Waals surface area contributed by atoms with Gasteiger partial charge in [-0.25, -0.2) is 0 Å². The molecular weight excluding hydrogens is 340 g/mol. The second-order valence-corrected chi connectivity index (χ2v) is 6.11. The Morgan fingerprint density at radius 3 is 2.64 bits per heavy atom. The fraction of sp³-hybridized carbons (Fsp3) is 0.158. The summed E-state index contributed by atoms with van der Waals surface area (Å²) in [4.78, 5) is 24.0. The van der Waals surface area contributed by atoms with Gasteiger partial charge in [-0.15, -0.1) is 0 Å². The van der Waals surface area contributed by atoms with Crippen LogP contribution in [0.4, 0.5) is 11.4 Å². The third-order valence-electron chi connectivity index (χ3n) is 3.79. The lowest BCUT2D eigenvalue weighted by molar-refractivity contribution is -0.115. The van der Waals surface area contributed by atoms with Crippen LogP contribution in [0.3, 0.4) is 0 Å². The van der Waals surface area contributed by atoms with Crippen molar-refractivity contribution in [2.24, 2.45) is 0 Å². The molecule has 0 saturated carbocycles. The third kappa shape index (κ3) is 3.83. The van der Waals surface area contributed by atoms with Crippen molar-refractivity contribution in [2.75, 3.05) is 10.6 Å². The molecule has 2 amide bonds. The van der Waals surface area contributed by atoms with Gasteiger partial charge in [0.1, 0.15) is 5.58 Å². The first kappa shape index (κ1) is 17.0. The fourth-order valence-electron chi connectivity index (χ4n) is 2.39. The van der Waals surface area contributed by atoms with Gasteiger partial charge in [0.05, 0.1) is 0 Å². The number of carbonyl (C=O) groups is 2. The molecule has 1 heterocycles. The van der Waals surface area contributed by atoms with Crippen molar-refractivity contribution < 1.29 is 14.0 Å². The Balaban J connectivity index is 1.83. The van der Waals surface area contributed by atoms with Gasteiger partial charge in [0.25, 0.3) is 5.91 Å². The predicted octanol–water partition coefficient (Wildman–Crippen LogP) is 5.00. The van der Waals surface area contributed by atoms with Crippen LogP contribution in [0.15, 0.2) is 46.9 Å². The van der Waals surface area contributed by atoms with Gasteiger partial charge in [-0.3, -0.25) is 9.59 Å². The summed E-state index contributed by atoms with van der Waals surface area (Å²) in [5, 5.41) is 6.93. The molecule has 2 N–H and O–H groups in total. The van der Waals surface area contributed by atoms with Crippen molar-refractivity contribution in [3.05, 3.63) is 58.8 Å². The van der Waals surface area contributed by atoms with Crippen LogP contribution < -0.4 is 10.6 Å². The highest BCUT2D eigenvalue weighted by atomic mass is 35.5. The zero-order chi connectivity index (χ0) is 18.0. The Labute approximate surface area is 150 Å². The number of rotatable bonds is 4. The molecule has 3 aromatic rings. The summed E-state index contributed by atoms with van der Waals surface area (Å²) >= 11 is 5.95. The van der Waals surface area contributed by atoms with Crippen LogP contribution in [0.1, 0.15) is 29.5 Å². The molecule has 0 unspecified atom stereocenters. The van der Waals surface area contributed by atoms with Crippen molar-refractivity contribution in [1.29, 1.82) is 0 Å². The van der Waals surface area contributed by atoms with Gasteiger partial charge in [0, 0.05) is 28.2 Å². The van der Waals surface area contributed by atoms with Crippen molar-refractivity contribution >= 4 is 45.8 Å². The van der Waals surface area contributed by atoms with Gasteiger partial charge in [0.15, 0.2) is 5.76 Å². The maximum absolute atomic E-state index is 12.5. The quantitative estimate of drug-likeness (QED) is 0.691. The minimum absolute atomic E-state index is 0.0877. The Hall–Kier alpha value is -2.79. The molecule has 0 bridgehead atoms. The highest BCUT2D eigenvalue weighted by Gasteiger charge is 2.14. The van der Waals surface area contributed by atoms with E-state index >= 15 is 0 Å². The highest BCUT2D eigenvalue weighted by molar-refractivity contribution is 6.31. The van der Waals surface area contributed by atoms with Crippen LogP contribution in [-0.4, -0.2) is 11.8 Å². The number of hydrogen-bond acceptors (Lipinski definition) is 3. The molecule has 6 heteroatoms. The molecule has 0 saturated heterocycles. The number of nitrogens with one attached hydrogen (secondary N) is 2. The third-order valence-corrected chi connectivity index (χ3v) is 4.03. The molecule has 0 radical (unpaired) electrons. The van der Waals surface area contributed by atoms with E-state index in [1.165, 1.54) is 0 Å². The number of benzene rings is 2. The lowest BCUT2D eigenvalue weighted by Gasteiger charge is -2.10. The van der Waals surface area contributed by atoms with E-state index in [4.69, 9.17) is 16.0 Å². The summed E-state index contributed by atoms with van der Waals surface area (Å²) in [6, 6.07) is 12.2. The number of carbonyl (C=O) groups excluding carboxylic acids is 2. The van der Waals surface area contributed by atoms with E-state index in [1.807, 2.05) is 13.0 Å². The van der Waals surface area contributed by atoms with Gasteiger partial charge < -0.3 is 15.1 Å². The van der Waals surface area contributed by atoms with E-state index in [0.717, 1.165) is 10.9 Å². The summed E-state index contributed by atoms with van der Waals surface area (Å²) in [7, 11) is 0. The molecule has 2 aromatic carbocycles. The Bertz CT molecular complexity index is 962. The van der Waals surface area contributed by atoms with Gasteiger partial charge in [-0.05, 0) is 48.9 Å². The largest absolute Gasteiger partial charge is 0.451 e. The van der Waals surface area contributed by atoms with Crippen molar-refractivity contribution in [1.82, 2.24) is 0 Å². The van der Waals surface area contributed by atoms with Gasteiger partial charge in [-0.2, -0.15) is 0 Å². The average molecular weight is 357 g/mol. The second kappa shape index (κ2) is 6.99. The van der Waals surface area contributed by atoms with E-state index < -0.39 is 0 Å². The zero-order valence-corrected chi connectivity index (χ0v) is 14.6. The Kier molecular flexibility index (Phi) is 4.76. The minimum atomic E-state index is -0.366. The molecule has 128 valence electrons. The number of amides is 2. The second-order valence-electron chi connectivity index (χ2n) is 5.68. The predicted molar refractivity (Wildman–Crippen MR) is 99.3 cm³/mol. The smallest absolute Gasteiger partial charge is 0.291 e. The molecule has 0 aliphatic carbocycles. The Morgan fingerprint density at radius 2 is 1.88 bits per heavy atom. The SMILES string of the molecule is CCC(=O)Nc1ccc(C)c(NC(=O)c2cc3cc(Cl)ccc3o2)c1. The average Bonchev–Trinajstić information content (AvgIpc) is 3.01. The van der Waals surface area contributed by atoms with Crippen LogP contribution in [0.25, 0.3) is 11.0 Å². The number of fused-ring (bicyclic) bond motifs is 1. The number of furan rings is 1. The summed E-state index contributed by atoms with van der Waals surface area (Å²) in [5.74, 6) is -0.260. The maximum Gasteiger partial charge on any atom is 0.291 e. The molecule has 1 aromatic heterocycles. The van der Waals surface area contributed by atoms with Gasteiger partial charge >= 0.3 is 0 Å². The van der Waals surface area contributed by atoms with E-state index in [9.17, 15) is 9.59 Å². The van der Waals surface area contributed by atoms with Crippen LogP contribution in [0, 0.1) is 6.92 Å². The highest BCUT2D eigenvalue weighted by Crippen LogP contribution is 2.25. The molecule has 0 atom stereocenters. The van der Waals surface area contributed by atoms with Crippen molar-refractivity contribution in [2.45, 2.75) is 20.3 Å². The summed E-state index contributed by atoms with van der Waals surface area (Å²) < 4.78 is 5.57. The standard InChI is InChI=1S/C19H17ClN2O3/c1-3-18(23)21-14-6-4-11(2)15(10-14)22-19(24)17-9-12-8-13(20)5-7-16(12)25-17/h4-10H,3H2,1-2H3,(H,21,23)(H,22,24). The van der Waals surface area contributed by atoms with E-state index in [-0.39, 0.29) is 17.6 Å². The van der Waals surface area contributed by atoms with E-state index in [1.54, 1.807) is 43.3 Å². The maximum atomic E-state index is 12.5. The lowest BCUT2D eigenvalue weighted by atomic mass is 10.1. The van der Waals surface area contributed by atoms with Crippen molar-refractivity contribution in [3.63, 3.8) is 0 Å². The Morgan fingerprint density at radius 1 is 1.08 bits per heavy atom. The summed E-state index contributed by atoms with van der Waals surface area (Å²) in [6.45, 7) is 3.65. The van der Waals surface area contributed by atoms with Crippen LogP contribution >= 0.6 is 11.6 Å². The van der Waals surface area contributed by atoms with E-state index in [0.29, 0.717) is 28.4 Å². The first-order valence-electron chi connectivity index (χ1n) is 7.87. The number of aryl methyl sites for hydroxylation is 1. The molecule has 3 rings (SSSR count). The van der Waals surface area contributed by atoms with Crippen LogP contribution in [-0.2, 0) is 4.79 Å². The first-order chi connectivity index (χ1) is 12.0. The monoisotopic (exact) mass is 356 g/mol. The molecule has 0 aliphatic heterocycles. The fourth-order valence-corrected chi connectivity index (χ4v) is 2.57. The molecule has 0 fully saturated rings. The normalized spacial score (nSPS) is 10.7. The van der Waals surface area contributed by atoms with Crippen molar-refractivity contribution in [3.8, 4) is 0 Å². The summed E-state index contributed by atoms with van der Waals surface area (Å²) in [5.41, 5.74) is 2.71. The molecular formula is C19H17ClN2O3. The van der Waals surface area contributed by atoms with Gasteiger partial charge in [0.2, 0.25) is 5.91 Å². The first-order valence-corrected chi connectivity index (χ1v) is 8.25. The van der Waals surface area contributed by atoms with Gasteiger partial charge in [-0.1, -0.05) is 24.6 Å². The lowest BCUT2D eigenvalue weighted by Crippen LogP contribution is -2.13. The molecule has 0 aliphatic rings. The minimum Gasteiger partial charge on any atom is -0.451 e. The number of hydrogen-bond donors (Lipinski definition) is 2. The topological polar surface area (TPSA) is 71.3 Å². The number of halogens is 1.